The van der Waals surface area contributed by atoms with Crippen LogP contribution in [0.15, 0.2) is 11.1 Å². The lowest BCUT2D eigenvalue weighted by atomic mass is 9.87. The van der Waals surface area contributed by atoms with E-state index in [9.17, 15) is 0 Å². The Morgan fingerprint density at radius 3 is 1.93 bits per heavy atom. The molecule has 0 aromatic rings. The molecular weight excluding hydrogens is 188 g/mol. The van der Waals surface area contributed by atoms with E-state index in [1.165, 1.54) is 5.57 Å². The van der Waals surface area contributed by atoms with Crippen LogP contribution in [0.1, 0.15) is 49.8 Å². The number of hydrogen-bond acceptors (Lipinski definition) is 2. The standard InChI is InChI=1S/C13H26O2/c1-9-15-13(6,7)11(3)10(2)12(4,5)14-8/h9H2,1-8H3/b11-10-/i8D. The first-order chi connectivity index (χ1) is 7.19. The van der Waals surface area contributed by atoms with Gasteiger partial charge in [-0.05, 0) is 59.6 Å². The second-order valence-corrected chi connectivity index (χ2v) is 4.85. The van der Waals surface area contributed by atoms with Crippen LogP contribution in [0.4, 0.5) is 0 Å². The molecule has 0 radical (unpaired) electrons. The van der Waals surface area contributed by atoms with Crippen molar-refractivity contribution in [2.24, 2.45) is 0 Å². The Balaban J connectivity index is 5.08. The second kappa shape index (κ2) is 5.13. The topological polar surface area (TPSA) is 18.5 Å². The molecule has 0 saturated heterocycles. The Morgan fingerprint density at radius 1 is 1.07 bits per heavy atom. The summed E-state index contributed by atoms with van der Waals surface area (Å²) in [5, 5.41) is 0. The van der Waals surface area contributed by atoms with Crippen LogP contribution in [0.2, 0.25) is 0 Å². The van der Waals surface area contributed by atoms with Crippen LogP contribution < -0.4 is 0 Å². The molecule has 0 aromatic heterocycles. The molecule has 0 aliphatic heterocycles. The van der Waals surface area contributed by atoms with Crippen molar-refractivity contribution in [1.29, 1.82) is 0 Å². The largest absolute Gasteiger partial charge is 0.374 e. The van der Waals surface area contributed by atoms with E-state index >= 15 is 0 Å². The van der Waals surface area contributed by atoms with Crippen molar-refractivity contribution in [3.05, 3.63) is 11.1 Å². The van der Waals surface area contributed by atoms with Crippen LogP contribution in [0.3, 0.4) is 0 Å². The molecule has 0 heterocycles. The number of rotatable bonds is 5. The summed E-state index contributed by atoms with van der Waals surface area (Å²) in [6.45, 7) is 14.9. The third-order valence-corrected chi connectivity index (χ3v) is 3.23. The third-order valence-electron chi connectivity index (χ3n) is 3.23. The van der Waals surface area contributed by atoms with Crippen LogP contribution in [0.25, 0.3) is 0 Å². The Kier molecular flexibility index (Phi) is 4.35. The fourth-order valence-corrected chi connectivity index (χ4v) is 1.48. The first-order valence-corrected chi connectivity index (χ1v) is 5.44. The van der Waals surface area contributed by atoms with Crippen molar-refractivity contribution in [2.75, 3.05) is 13.7 Å². The Labute approximate surface area is 96.1 Å². The van der Waals surface area contributed by atoms with E-state index in [2.05, 4.69) is 20.8 Å². The molecule has 0 amide bonds. The van der Waals surface area contributed by atoms with Gasteiger partial charge in [-0.1, -0.05) is 0 Å². The van der Waals surface area contributed by atoms with Crippen molar-refractivity contribution in [3.8, 4) is 0 Å². The highest BCUT2D eigenvalue weighted by atomic mass is 16.5. The van der Waals surface area contributed by atoms with Gasteiger partial charge in [-0.3, -0.25) is 0 Å². The van der Waals surface area contributed by atoms with Crippen LogP contribution in [0.5, 0.6) is 0 Å². The minimum absolute atomic E-state index is 0.0211. The average molecular weight is 215 g/mol. The maximum Gasteiger partial charge on any atom is 0.0836 e. The molecule has 0 aliphatic carbocycles. The molecule has 0 rings (SSSR count). The van der Waals surface area contributed by atoms with Gasteiger partial charge in [0.05, 0.1) is 12.6 Å². The minimum Gasteiger partial charge on any atom is -0.374 e. The molecule has 90 valence electrons. The molecule has 2 heteroatoms. The van der Waals surface area contributed by atoms with Crippen LogP contribution in [-0.4, -0.2) is 24.9 Å². The molecule has 2 nitrogen and oxygen atoms in total. The van der Waals surface area contributed by atoms with E-state index in [0.717, 1.165) is 5.57 Å². The maximum atomic E-state index is 7.15. The smallest absolute Gasteiger partial charge is 0.0836 e. The summed E-state index contributed by atoms with van der Waals surface area (Å²) in [6.07, 6.45) is 0. The quantitative estimate of drug-likeness (QED) is 0.653. The van der Waals surface area contributed by atoms with Crippen molar-refractivity contribution < 1.29 is 10.8 Å². The zero-order chi connectivity index (χ0) is 13.0. The van der Waals surface area contributed by atoms with E-state index in [-0.39, 0.29) is 12.7 Å². The third kappa shape index (κ3) is 3.62. The van der Waals surface area contributed by atoms with Gasteiger partial charge in [0, 0.05) is 13.7 Å². The van der Waals surface area contributed by atoms with E-state index in [1.54, 1.807) is 0 Å². The predicted molar refractivity (Wildman–Crippen MR) is 65.2 cm³/mol. The highest BCUT2D eigenvalue weighted by Crippen LogP contribution is 2.30. The van der Waals surface area contributed by atoms with Crippen LogP contribution in [-0.2, 0) is 9.47 Å². The lowest BCUT2D eigenvalue weighted by Gasteiger charge is -2.33. The normalized spacial score (nSPS) is 16.1. The average Bonchev–Trinajstić information content (AvgIpc) is 2.15. The zero-order valence-corrected chi connectivity index (χ0v) is 11.2. The summed E-state index contributed by atoms with van der Waals surface area (Å²) in [4.78, 5) is 0. The lowest BCUT2D eigenvalue weighted by Crippen LogP contribution is -2.32. The van der Waals surface area contributed by atoms with Gasteiger partial charge in [0.2, 0.25) is 0 Å². The summed E-state index contributed by atoms with van der Waals surface area (Å²) in [5.41, 5.74) is 1.63. The maximum absolute atomic E-state index is 7.15. The van der Waals surface area contributed by atoms with E-state index < -0.39 is 5.60 Å². The summed E-state index contributed by atoms with van der Waals surface area (Å²) in [5.74, 6) is 0. The van der Waals surface area contributed by atoms with Gasteiger partial charge in [0.1, 0.15) is 0 Å². The Hall–Kier alpha value is -0.340. The van der Waals surface area contributed by atoms with Gasteiger partial charge in [0.15, 0.2) is 0 Å². The highest BCUT2D eigenvalue weighted by Gasteiger charge is 2.28. The SMILES string of the molecule is [2H]COC(C)(C)/C(C)=C(/C)C(C)(C)OCC. The molecule has 0 atom stereocenters. The Bertz CT molecular complexity index is 229. The first-order valence-electron chi connectivity index (χ1n) is 6.15. The molecule has 0 aromatic carbocycles. The van der Waals surface area contributed by atoms with Crippen molar-refractivity contribution in [1.82, 2.24) is 0 Å². The number of hydrogen-bond donors (Lipinski definition) is 0. The van der Waals surface area contributed by atoms with Crippen molar-refractivity contribution in [3.63, 3.8) is 0 Å². The number of ether oxygens (including phenoxy) is 2. The molecule has 0 unspecified atom stereocenters. The van der Waals surface area contributed by atoms with Gasteiger partial charge < -0.3 is 9.47 Å². The minimum atomic E-state index is -0.403. The van der Waals surface area contributed by atoms with E-state index in [4.69, 9.17) is 10.8 Å². The molecule has 0 bridgehead atoms. The monoisotopic (exact) mass is 215 g/mol. The molecule has 15 heavy (non-hydrogen) atoms. The predicted octanol–water partition coefficient (Wildman–Crippen LogP) is 3.56. The summed E-state index contributed by atoms with van der Waals surface area (Å²) < 4.78 is 18.3. The molecule has 0 N–H and O–H groups in total. The van der Waals surface area contributed by atoms with Gasteiger partial charge in [-0.25, -0.2) is 0 Å². The summed E-state index contributed by atoms with van der Waals surface area (Å²) in [6, 6.07) is 0. The highest BCUT2D eigenvalue weighted by molar-refractivity contribution is 5.25. The van der Waals surface area contributed by atoms with Crippen molar-refractivity contribution >= 4 is 0 Å². The van der Waals surface area contributed by atoms with Gasteiger partial charge in [0.25, 0.3) is 0 Å². The fraction of sp³-hybridized carbons (Fsp3) is 0.846. The summed E-state index contributed by atoms with van der Waals surface area (Å²) >= 11 is 0. The molecule has 0 saturated carbocycles. The lowest BCUT2D eigenvalue weighted by molar-refractivity contribution is 0.0110. The van der Waals surface area contributed by atoms with Gasteiger partial charge in [-0.2, -0.15) is 0 Å². The Morgan fingerprint density at radius 2 is 1.53 bits per heavy atom. The zero-order valence-electron chi connectivity index (χ0n) is 12.2. The number of methoxy groups -OCH3 is 1. The van der Waals surface area contributed by atoms with Gasteiger partial charge >= 0.3 is 0 Å². The van der Waals surface area contributed by atoms with Crippen molar-refractivity contribution in [2.45, 2.75) is 59.7 Å². The first kappa shape index (κ1) is 12.7. The molecule has 0 fully saturated rings. The molecular formula is C13H26O2. The van der Waals surface area contributed by atoms with E-state index in [0.29, 0.717) is 6.61 Å². The molecule has 0 aliphatic rings. The van der Waals surface area contributed by atoms with Gasteiger partial charge in [-0.15, -0.1) is 0 Å². The fourth-order valence-electron chi connectivity index (χ4n) is 1.48. The van der Waals surface area contributed by atoms with Crippen LogP contribution in [0, 0.1) is 0 Å². The molecule has 0 spiro atoms. The van der Waals surface area contributed by atoms with Crippen LogP contribution >= 0.6 is 0 Å². The summed E-state index contributed by atoms with van der Waals surface area (Å²) in [7, 11) is -0.0211. The van der Waals surface area contributed by atoms with E-state index in [1.807, 2.05) is 27.7 Å². The second-order valence-electron chi connectivity index (χ2n) is 4.85.